The minimum atomic E-state index is 0.546. The monoisotopic (exact) mass is 335 g/mol. The van der Waals surface area contributed by atoms with Gasteiger partial charge >= 0.3 is 0 Å². The largest absolute Gasteiger partial charge is 0.357 e. The van der Waals surface area contributed by atoms with Gasteiger partial charge in [0.2, 0.25) is 0 Å². The molecule has 2 aromatic heterocycles. The molecule has 1 aliphatic heterocycles. The molecule has 0 atom stereocenters. The number of aromatic nitrogens is 3. The van der Waals surface area contributed by atoms with Crippen LogP contribution in [0.1, 0.15) is 25.6 Å². The lowest BCUT2D eigenvalue weighted by atomic mass is 10.1. The van der Waals surface area contributed by atoms with E-state index in [2.05, 4.69) is 63.1 Å². The highest BCUT2D eigenvalue weighted by atomic mass is 15.2. The molecule has 25 heavy (non-hydrogen) atoms. The molecule has 1 N–H and O–H groups in total. The van der Waals surface area contributed by atoms with E-state index < -0.39 is 0 Å². The van der Waals surface area contributed by atoms with E-state index in [1.165, 1.54) is 5.52 Å². The average molecular weight is 335 g/mol. The molecule has 1 aromatic carbocycles. The third-order valence-corrected chi connectivity index (χ3v) is 5.07. The van der Waals surface area contributed by atoms with E-state index >= 15 is 0 Å². The molecule has 3 aromatic rings. The Morgan fingerprint density at radius 2 is 1.88 bits per heavy atom. The Kier molecular flexibility index (Phi) is 4.65. The Morgan fingerprint density at radius 3 is 2.64 bits per heavy atom. The normalized spacial score (nSPS) is 15.8. The molecule has 5 nitrogen and oxygen atoms in total. The van der Waals surface area contributed by atoms with Crippen LogP contribution in [0.2, 0.25) is 0 Å². The van der Waals surface area contributed by atoms with Crippen LogP contribution in [0.15, 0.2) is 48.7 Å². The van der Waals surface area contributed by atoms with Gasteiger partial charge in [-0.05, 0) is 44.0 Å². The summed E-state index contributed by atoms with van der Waals surface area (Å²) in [6.45, 7) is 6.08. The summed E-state index contributed by atoms with van der Waals surface area (Å²) in [5.74, 6) is 2.23. The third kappa shape index (κ3) is 3.37. The summed E-state index contributed by atoms with van der Waals surface area (Å²) in [5.41, 5.74) is 2.32. The minimum Gasteiger partial charge on any atom is -0.357 e. The van der Waals surface area contributed by atoms with Gasteiger partial charge in [-0.2, -0.15) is 0 Å². The second-order valence-electron chi connectivity index (χ2n) is 6.59. The first-order valence-electron chi connectivity index (χ1n) is 9.18. The van der Waals surface area contributed by atoms with Crippen LogP contribution in [0.5, 0.6) is 0 Å². The van der Waals surface area contributed by atoms with E-state index in [4.69, 9.17) is 4.98 Å². The van der Waals surface area contributed by atoms with E-state index in [9.17, 15) is 0 Å². The maximum atomic E-state index is 4.81. The zero-order chi connectivity index (χ0) is 17.1. The van der Waals surface area contributed by atoms with E-state index in [1.807, 2.05) is 12.3 Å². The predicted molar refractivity (Wildman–Crippen MR) is 102 cm³/mol. The zero-order valence-corrected chi connectivity index (χ0v) is 14.7. The first-order chi connectivity index (χ1) is 12.3. The van der Waals surface area contributed by atoms with E-state index in [-0.39, 0.29) is 0 Å². The molecule has 0 aliphatic carbocycles. The van der Waals surface area contributed by atoms with Gasteiger partial charge in [0.05, 0.1) is 17.6 Å². The van der Waals surface area contributed by atoms with Crippen LogP contribution in [0, 0.1) is 0 Å². The highest BCUT2D eigenvalue weighted by Crippen LogP contribution is 2.19. The second-order valence-corrected chi connectivity index (χ2v) is 6.59. The number of rotatable bonds is 5. The molecule has 1 saturated heterocycles. The Morgan fingerprint density at radius 1 is 1.08 bits per heavy atom. The van der Waals surface area contributed by atoms with Gasteiger partial charge in [-0.1, -0.05) is 18.2 Å². The summed E-state index contributed by atoms with van der Waals surface area (Å²) in [5, 5.41) is 3.72. The minimum absolute atomic E-state index is 0.546. The predicted octanol–water partition coefficient (Wildman–Crippen LogP) is 3.21. The summed E-state index contributed by atoms with van der Waals surface area (Å²) < 4.78 is 2.31. The maximum Gasteiger partial charge on any atom is 0.128 e. The van der Waals surface area contributed by atoms with Gasteiger partial charge in [0.15, 0.2) is 0 Å². The number of nitrogens with zero attached hydrogens (tertiary/aromatic N) is 4. The molecule has 0 saturated carbocycles. The number of benzene rings is 1. The van der Waals surface area contributed by atoms with Gasteiger partial charge < -0.3 is 14.8 Å². The second kappa shape index (κ2) is 7.23. The van der Waals surface area contributed by atoms with Crippen molar-refractivity contribution < 1.29 is 0 Å². The van der Waals surface area contributed by atoms with Gasteiger partial charge in [-0.15, -0.1) is 0 Å². The van der Waals surface area contributed by atoms with Crippen LogP contribution < -0.4 is 10.2 Å². The first-order valence-corrected chi connectivity index (χ1v) is 9.18. The lowest BCUT2D eigenvalue weighted by molar-refractivity contribution is 0.405. The number of nitrogens with one attached hydrogen (secondary N) is 1. The number of hydrogen-bond acceptors (Lipinski definition) is 4. The molecular formula is C20H25N5. The quantitative estimate of drug-likeness (QED) is 0.778. The fraction of sp³-hybridized carbons (Fsp3) is 0.400. The van der Waals surface area contributed by atoms with E-state index in [0.29, 0.717) is 6.04 Å². The molecule has 1 aliphatic rings. The van der Waals surface area contributed by atoms with E-state index in [1.54, 1.807) is 0 Å². The van der Waals surface area contributed by atoms with Crippen molar-refractivity contribution in [3.8, 4) is 0 Å². The Labute approximate surface area is 148 Å². The topological polar surface area (TPSA) is 46.0 Å². The summed E-state index contributed by atoms with van der Waals surface area (Å²) in [6.07, 6.45) is 4.15. The van der Waals surface area contributed by atoms with Crippen molar-refractivity contribution in [1.82, 2.24) is 19.9 Å². The standard InChI is InChI=1S/C20H25N5/c1-2-25-18-8-4-3-7-17(18)23-20(25)15-22-16-10-13-24(14-11-16)19-9-5-6-12-21-19/h3-9,12,16,22H,2,10-11,13-15H2,1H3. The van der Waals surface area contributed by atoms with Crippen LogP contribution in [-0.2, 0) is 13.1 Å². The van der Waals surface area contributed by atoms with Gasteiger partial charge in [0.1, 0.15) is 11.6 Å². The highest BCUT2D eigenvalue weighted by Gasteiger charge is 2.20. The van der Waals surface area contributed by atoms with Crippen molar-refractivity contribution in [3.63, 3.8) is 0 Å². The third-order valence-electron chi connectivity index (χ3n) is 5.07. The van der Waals surface area contributed by atoms with Crippen molar-refractivity contribution in [2.75, 3.05) is 18.0 Å². The number of pyridine rings is 1. The van der Waals surface area contributed by atoms with Gasteiger partial charge in [-0.3, -0.25) is 0 Å². The number of fused-ring (bicyclic) bond motifs is 1. The molecule has 4 rings (SSSR count). The zero-order valence-electron chi connectivity index (χ0n) is 14.7. The molecule has 0 radical (unpaired) electrons. The average Bonchev–Trinajstić information content (AvgIpc) is 3.05. The summed E-state index contributed by atoms with van der Waals surface area (Å²) >= 11 is 0. The SMILES string of the molecule is CCn1c(CNC2CCN(c3ccccn3)CC2)nc2ccccc21. The molecule has 130 valence electrons. The number of aryl methyl sites for hydroxylation is 1. The summed E-state index contributed by atoms with van der Waals surface area (Å²) in [7, 11) is 0. The van der Waals surface area contributed by atoms with Crippen LogP contribution >= 0.6 is 0 Å². The maximum absolute atomic E-state index is 4.81. The Hall–Kier alpha value is -2.40. The number of imidazole rings is 1. The molecule has 0 spiro atoms. The van der Waals surface area contributed by atoms with Crippen molar-refractivity contribution in [3.05, 3.63) is 54.5 Å². The van der Waals surface area contributed by atoms with Crippen molar-refractivity contribution in [1.29, 1.82) is 0 Å². The Bertz CT molecular complexity index is 818. The molecule has 1 fully saturated rings. The van der Waals surface area contributed by atoms with Gasteiger partial charge in [0, 0.05) is 31.9 Å². The van der Waals surface area contributed by atoms with Crippen LogP contribution in [-0.4, -0.2) is 33.7 Å². The lowest BCUT2D eigenvalue weighted by Gasteiger charge is -2.33. The molecule has 3 heterocycles. The van der Waals surface area contributed by atoms with Crippen molar-refractivity contribution >= 4 is 16.9 Å². The van der Waals surface area contributed by atoms with Crippen LogP contribution in [0.4, 0.5) is 5.82 Å². The van der Waals surface area contributed by atoms with Gasteiger partial charge in [0.25, 0.3) is 0 Å². The molecule has 5 heteroatoms. The Balaban J connectivity index is 1.37. The van der Waals surface area contributed by atoms with Gasteiger partial charge in [-0.25, -0.2) is 9.97 Å². The first kappa shape index (κ1) is 16.1. The van der Waals surface area contributed by atoms with Crippen LogP contribution in [0.3, 0.4) is 0 Å². The van der Waals surface area contributed by atoms with Crippen LogP contribution in [0.25, 0.3) is 11.0 Å². The highest BCUT2D eigenvalue weighted by molar-refractivity contribution is 5.75. The number of anilines is 1. The summed E-state index contributed by atoms with van der Waals surface area (Å²) in [6, 6.07) is 15.1. The number of hydrogen-bond donors (Lipinski definition) is 1. The molecular weight excluding hydrogens is 310 g/mol. The molecule has 0 bridgehead atoms. The molecule has 0 unspecified atom stereocenters. The molecule has 0 amide bonds. The smallest absolute Gasteiger partial charge is 0.128 e. The van der Waals surface area contributed by atoms with Crippen molar-refractivity contribution in [2.24, 2.45) is 0 Å². The summed E-state index contributed by atoms with van der Waals surface area (Å²) in [4.78, 5) is 11.6. The van der Waals surface area contributed by atoms with Crippen molar-refractivity contribution in [2.45, 2.75) is 38.9 Å². The van der Waals surface area contributed by atoms with E-state index in [0.717, 1.165) is 56.2 Å². The fourth-order valence-corrected chi connectivity index (χ4v) is 3.70. The fourth-order valence-electron chi connectivity index (χ4n) is 3.70. The number of piperidine rings is 1. The lowest BCUT2D eigenvalue weighted by Crippen LogP contribution is -2.42. The number of para-hydroxylation sites is 2.